The Kier molecular flexibility index (Phi) is 5.47. The Hall–Kier alpha value is -2.29. The number of benzene rings is 1. The second kappa shape index (κ2) is 8.16. The van der Waals surface area contributed by atoms with E-state index in [1.165, 1.54) is 16.9 Å². The molecule has 27 heavy (non-hydrogen) atoms. The Morgan fingerprint density at radius 2 is 1.85 bits per heavy atom. The highest BCUT2D eigenvalue weighted by atomic mass is 32.1. The Morgan fingerprint density at radius 3 is 2.56 bits per heavy atom. The molecule has 0 bridgehead atoms. The van der Waals surface area contributed by atoms with Gasteiger partial charge in [0.15, 0.2) is 3.95 Å². The summed E-state index contributed by atoms with van der Waals surface area (Å²) in [4.78, 5) is 9.14. The first-order valence-corrected chi connectivity index (χ1v) is 10.2. The first-order chi connectivity index (χ1) is 13.2. The number of rotatable bonds is 5. The fourth-order valence-electron chi connectivity index (χ4n) is 3.06. The number of hydrogen-bond acceptors (Lipinski definition) is 7. The van der Waals surface area contributed by atoms with Crippen LogP contribution in [-0.2, 0) is 6.67 Å². The minimum absolute atomic E-state index is 0.723. The molecule has 0 spiro atoms. The highest BCUT2D eigenvalue weighted by Gasteiger charge is 2.18. The molecule has 140 valence electrons. The van der Waals surface area contributed by atoms with Crippen molar-refractivity contribution in [2.45, 2.75) is 13.6 Å². The van der Waals surface area contributed by atoms with E-state index >= 15 is 0 Å². The Morgan fingerprint density at radius 1 is 1.07 bits per heavy atom. The van der Waals surface area contributed by atoms with Gasteiger partial charge in [0.25, 0.3) is 0 Å². The molecule has 3 aromatic rings. The van der Waals surface area contributed by atoms with Gasteiger partial charge in [-0.15, -0.1) is 5.10 Å². The van der Waals surface area contributed by atoms with E-state index in [0.29, 0.717) is 0 Å². The predicted octanol–water partition coefficient (Wildman–Crippen LogP) is 3.90. The van der Waals surface area contributed by atoms with Gasteiger partial charge in [-0.05, 0) is 43.4 Å². The monoisotopic (exact) mass is 398 g/mol. The normalized spacial score (nSPS) is 15.1. The van der Waals surface area contributed by atoms with E-state index in [2.05, 4.69) is 62.5 Å². The van der Waals surface area contributed by atoms with Gasteiger partial charge in [-0.2, -0.15) is 0 Å². The van der Waals surface area contributed by atoms with Gasteiger partial charge in [0.2, 0.25) is 5.13 Å². The van der Waals surface area contributed by atoms with Crippen LogP contribution in [0.25, 0.3) is 0 Å². The van der Waals surface area contributed by atoms with Crippen LogP contribution in [0.15, 0.2) is 48.7 Å². The second-order valence-corrected chi connectivity index (χ2v) is 8.22. The number of piperazine rings is 1. The Balaban J connectivity index is 1.36. The maximum atomic E-state index is 5.51. The molecule has 0 saturated carbocycles. The van der Waals surface area contributed by atoms with Crippen molar-refractivity contribution in [3.63, 3.8) is 0 Å². The van der Waals surface area contributed by atoms with Gasteiger partial charge in [0.1, 0.15) is 5.82 Å². The van der Waals surface area contributed by atoms with E-state index in [4.69, 9.17) is 12.2 Å². The number of pyridine rings is 1. The minimum Gasteiger partial charge on any atom is -0.354 e. The fraction of sp³-hybridized carbons (Fsp3) is 0.316. The van der Waals surface area contributed by atoms with Gasteiger partial charge >= 0.3 is 0 Å². The number of aromatic nitrogens is 3. The molecule has 0 radical (unpaired) electrons. The lowest BCUT2D eigenvalue weighted by molar-refractivity contribution is 0.195. The van der Waals surface area contributed by atoms with Gasteiger partial charge in [-0.1, -0.05) is 35.1 Å². The molecule has 0 atom stereocenters. The molecule has 8 heteroatoms. The second-order valence-electron chi connectivity index (χ2n) is 6.60. The Labute approximate surface area is 168 Å². The lowest BCUT2D eigenvalue weighted by Crippen LogP contribution is -2.47. The molecule has 1 aliphatic rings. The lowest BCUT2D eigenvalue weighted by atomic mass is 10.2. The molecule has 1 N–H and O–H groups in total. The van der Waals surface area contributed by atoms with Crippen LogP contribution in [0.5, 0.6) is 0 Å². The van der Waals surface area contributed by atoms with Crippen LogP contribution in [0.3, 0.4) is 0 Å². The zero-order valence-corrected chi connectivity index (χ0v) is 16.8. The zero-order chi connectivity index (χ0) is 18.6. The zero-order valence-electron chi connectivity index (χ0n) is 15.2. The van der Waals surface area contributed by atoms with Crippen LogP contribution in [0.1, 0.15) is 5.56 Å². The van der Waals surface area contributed by atoms with Crippen LogP contribution in [0.4, 0.5) is 16.6 Å². The molecule has 0 unspecified atom stereocenters. The third-order valence-corrected chi connectivity index (χ3v) is 5.81. The summed E-state index contributed by atoms with van der Waals surface area (Å²) in [5.74, 6) is 1.05. The van der Waals surface area contributed by atoms with Gasteiger partial charge in [0.05, 0.1) is 6.67 Å². The molecule has 1 saturated heterocycles. The fourth-order valence-corrected chi connectivity index (χ4v) is 4.07. The summed E-state index contributed by atoms with van der Waals surface area (Å²) < 4.78 is 2.70. The average molecular weight is 399 g/mol. The third-order valence-electron chi connectivity index (χ3n) is 4.59. The van der Waals surface area contributed by atoms with Crippen LogP contribution < -0.4 is 10.2 Å². The molecule has 4 rings (SSSR count). The summed E-state index contributed by atoms with van der Waals surface area (Å²) in [6.45, 7) is 6.66. The van der Waals surface area contributed by atoms with Crippen molar-refractivity contribution in [3.8, 4) is 0 Å². The number of nitrogens with one attached hydrogen (secondary N) is 1. The molecule has 0 amide bonds. The standard InChI is InChI=1S/C19H22N6S2/c1-15-5-7-16(8-6-15)21-18-22-25(19(26)27-18)14-23-10-12-24(13-11-23)17-4-2-3-9-20-17/h2-9H,10-14H2,1H3,(H,21,22). The quantitative estimate of drug-likeness (QED) is 0.658. The van der Waals surface area contributed by atoms with Crippen molar-refractivity contribution in [2.24, 2.45) is 0 Å². The molecule has 0 aliphatic carbocycles. The van der Waals surface area contributed by atoms with Crippen molar-refractivity contribution in [3.05, 3.63) is 58.2 Å². The average Bonchev–Trinajstić information content (AvgIpc) is 3.04. The molecule has 1 fully saturated rings. The first kappa shape index (κ1) is 18.1. The number of aryl methyl sites for hydroxylation is 1. The van der Waals surface area contributed by atoms with Crippen molar-refractivity contribution >= 4 is 40.2 Å². The number of anilines is 3. The van der Waals surface area contributed by atoms with Crippen LogP contribution in [0, 0.1) is 10.9 Å². The van der Waals surface area contributed by atoms with E-state index in [-0.39, 0.29) is 0 Å². The largest absolute Gasteiger partial charge is 0.354 e. The highest BCUT2D eigenvalue weighted by Crippen LogP contribution is 2.21. The first-order valence-electron chi connectivity index (χ1n) is 8.97. The summed E-state index contributed by atoms with van der Waals surface area (Å²) in [5, 5.41) is 8.82. The van der Waals surface area contributed by atoms with Crippen molar-refractivity contribution in [1.29, 1.82) is 0 Å². The lowest BCUT2D eigenvalue weighted by Gasteiger charge is -2.35. The predicted molar refractivity (Wildman–Crippen MR) is 113 cm³/mol. The van der Waals surface area contributed by atoms with Crippen molar-refractivity contribution in [2.75, 3.05) is 36.4 Å². The summed E-state index contributed by atoms with van der Waals surface area (Å²) in [6.07, 6.45) is 1.85. The van der Waals surface area contributed by atoms with Crippen LogP contribution >= 0.6 is 23.6 Å². The van der Waals surface area contributed by atoms with E-state index < -0.39 is 0 Å². The smallest absolute Gasteiger partial charge is 0.209 e. The van der Waals surface area contributed by atoms with E-state index in [1.807, 2.05) is 23.0 Å². The Bertz CT molecular complexity index is 927. The molecule has 1 aromatic carbocycles. The topological polar surface area (TPSA) is 49.2 Å². The molecule has 6 nitrogen and oxygen atoms in total. The molecule has 3 heterocycles. The molecule has 2 aromatic heterocycles. The maximum Gasteiger partial charge on any atom is 0.209 e. The molecular formula is C19H22N6S2. The summed E-state index contributed by atoms with van der Waals surface area (Å²) in [5.41, 5.74) is 2.27. The van der Waals surface area contributed by atoms with E-state index in [1.54, 1.807) is 0 Å². The number of hydrogen-bond donors (Lipinski definition) is 1. The van der Waals surface area contributed by atoms with Gasteiger partial charge in [-0.3, -0.25) is 4.90 Å². The van der Waals surface area contributed by atoms with Crippen LogP contribution in [-0.4, -0.2) is 45.8 Å². The van der Waals surface area contributed by atoms with Gasteiger partial charge in [-0.25, -0.2) is 9.67 Å². The van der Waals surface area contributed by atoms with Crippen LogP contribution in [0.2, 0.25) is 0 Å². The molecular weight excluding hydrogens is 376 g/mol. The van der Waals surface area contributed by atoms with Gasteiger partial charge < -0.3 is 10.2 Å². The van der Waals surface area contributed by atoms with Crippen molar-refractivity contribution < 1.29 is 0 Å². The number of nitrogens with zero attached hydrogens (tertiary/aromatic N) is 5. The van der Waals surface area contributed by atoms with E-state index in [9.17, 15) is 0 Å². The summed E-state index contributed by atoms with van der Waals surface area (Å²) in [7, 11) is 0. The molecule has 1 aliphatic heterocycles. The van der Waals surface area contributed by atoms with E-state index in [0.717, 1.165) is 53.4 Å². The third kappa shape index (κ3) is 4.52. The minimum atomic E-state index is 0.723. The van der Waals surface area contributed by atoms with Gasteiger partial charge in [0, 0.05) is 38.1 Å². The van der Waals surface area contributed by atoms with Crippen molar-refractivity contribution in [1.82, 2.24) is 19.7 Å². The summed E-state index contributed by atoms with van der Waals surface area (Å²) in [6, 6.07) is 14.3. The SMILES string of the molecule is Cc1ccc(Nc2nn(CN3CCN(c4ccccn4)CC3)c(=S)s2)cc1. The summed E-state index contributed by atoms with van der Waals surface area (Å²) >= 11 is 7.02. The highest BCUT2D eigenvalue weighted by molar-refractivity contribution is 7.73. The maximum absolute atomic E-state index is 5.51.